The largest absolute Gasteiger partial charge is 0.487 e. The summed E-state index contributed by atoms with van der Waals surface area (Å²) in [7, 11) is -3.60. The molecular weight excluding hydrogens is 507 g/mol. The highest BCUT2D eigenvalue weighted by atomic mass is 35.5. The van der Waals surface area contributed by atoms with Gasteiger partial charge in [0.05, 0.1) is 11.8 Å². The quantitative estimate of drug-likeness (QED) is 0.488. The molecule has 2 heterocycles. The Labute approximate surface area is 218 Å². The summed E-state index contributed by atoms with van der Waals surface area (Å²) in [6.07, 6.45) is 3.37. The number of sulfonamides is 1. The predicted molar refractivity (Wildman–Crippen MR) is 139 cm³/mol. The van der Waals surface area contributed by atoms with Crippen molar-refractivity contribution in [3.8, 4) is 5.75 Å². The summed E-state index contributed by atoms with van der Waals surface area (Å²) >= 11 is 12.4. The van der Waals surface area contributed by atoms with Crippen LogP contribution < -0.4 is 10.1 Å². The van der Waals surface area contributed by atoms with Crippen LogP contribution in [0.2, 0.25) is 10.0 Å². The maximum absolute atomic E-state index is 13.2. The van der Waals surface area contributed by atoms with E-state index in [0.29, 0.717) is 48.0 Å². The zero-order valence-corrected chi connectivity index (χ0v) is 22.4. The SMILES string of the molecule is CCC1(CC)C[C@H](NC(=O)C2CCN(S(=O)(=O)Cc3c(Cl)cccc3Cl)CC2)c2ccccc2O1. The van der Waals surface area contributed by atoms with Crippen molar-refractivity contribution in [2.24, 2.45) is 5.92 Å². The Hall–Kier alpha value is -1.80. The van der Waals surface area contributed by atoms with Crippen molar-refractivity contribution < 1.29 is 17.9 Å². The highest BCUT2D eigenvalue weighted by Crippen LogP contribution is 2.43. The van der Waals surface area contributed by atoms with Crippen LogP contribution in [0.4, 0.5) is 0 Å². The van der Waals surface area contributed by atoms with Crippen molar-refractivity contribution in [3.63, 3.8) is 0 Å². The van der Waals surface area contributed by atoms with Gasteiger partial charge in [-0.2, -0.15) is 0 Å². The second-order valence-corrected chi connectivity index (χ2v) is 12.2. The number of nitrogens with zero attached hydrogens (tertiary/aromatic N) is 1. The first kappa shape index (κ1) is 26.3. The first-order valence-corrected chi connectivity index (χ1v) is 14.5. The van der Waals surface area contributed by atoms with E-state index in [9.17, 15) is 13.2 Å². The average molecular weight is 540 g/mol. The van der Waals surface area contributed by atoms with Gasteiger partial charge in [0.25, 0.3) is 0 Å². The van der Waals surface area contributed by atoms with Crippen molar-refractivity contribution in [2.75, 3.05) is 13.1 Å². The third kappa shape index (κ3) is 5.63. The molecule has 0 radical (unpaired) electrons. The lowest BCUT2D eigenvalue weighted by atomic mass is 9.83. The van der Waals surface area contributed by atoms with Gasteiger partial charge >= 0.3 is 0 Å². The molecule has 1 N–H and O–H groups in total. The molecule has 0 saturated carbocycles. The van der Waals surface area contributed by atoms with Gasteiger partial charge < -0.3 is 10.1 Å². The minimum absolute atomic E-state index is 0.0287. The number of hydrogen-bond acceptors (Lipinski definition) is 4. The van der Waals surface area contributed by atoms with Crippen LogP contribution in [0.5, 0.6) is 5.75 Å². The molecule has 0 aliphatic carbocycles. The van der Waals surface area contributed by atoms with E-state index in [-0.39, 0.29) is 29.2 Å². The van der Waals surface area contributed by atoms with Crippen molar-refractivity contribution in [2.45, 2.75) is 63.3 Å². The monoisotopic (exact) mass is 538 g/mol. The van der Waals surface area contributed by atoms with Crippen LogP contribution in [-0.2, 0) is 20.6 Å². The average Bonchev–Trinajstić information content (AvgIpc) is 2.86. The second kappa shape index (κ2) is 10.7. The Kier molecular flexibility index (Phi) is 8.01. The van der Waals surface area contributed by atoms with Gasteiger partial charge in [-0.25, -0.2) is 12.7 Å². The Morgan fingerprint density at radius 2 is 1.69 bits per heavy atom. The van der Waals surface area contributed by atoms with Crippen molar-refractivity contribution in [3.05, 3.63) is 63.6 Å². The molecule has 1 fully saturated rings. The first-order valence-electron chi connectivity index (χ1n) is 12.2. The minimum atomic E-state index is -3.60. The molecule has 9 heteroatoms. The van der Waals surface area contributed by atoms with Crippen molar-refractivity contribution in [1.82, 2.24) is 9.62 Å². The Morgan fingerprint density at radius 1 is 1.06 bits per heavy atom. The lowest BCUT2D eigenvalue weighted by molar-refractivity contribution is -0.127. The number of fused-ring (bicyclic) bond motifs is 1. The van der Waals surface area contributed by atoms with E-state index >= 15 is 0 Å². The molecule has 6 nitrogen and oxygen atoms in total. The number of benzene rings is 2. The summed E-state index contributed by atoms with van der Waals surface area (Å²) in [5.41, 5.74) is 1.10. The summed E-state index contributed by atoms with van der Waals surface area (Å²) in [5, 5.41) is 3.93. The maximum atomic E-state index is 13.2. The second-order valence-electron chi connectivity index (χ2n) is 9.43. The third-order valence-corrected chi connectivity index (χ3v) is 9.92. The maximum Gasteiger partial charge on any atom is 0.223 e. The zero-order valence-electron chi connectivity index (χ0n) is 20.1. The molecule has 0 aromatic heterocycles. The molecule has 2 aromatic carbocycles. The van der Waals surface area contributed by atoms with Crippen LogP contribution in [0.1, 0.15) is 63.1 Å². The lowest BCUT2D eigenvalue weighted by Gasteiger charge is -2.42. The number of halogens is 2. The van der Waals surface area contributed by atoms with Gasteiger partial charge in [0, 0.05) is 46.6 Å². The molecule has 1 amide bonds. The molecule has 35 heavy (non-hydrogen) atoms. The topological polar surface area (TPSA) is 75.7 Å². The molecule has 4 rings (SSSR count). The first-order chi connectivity index (χ1) is 16.7. The van der Waals surface area contributed by atoms with Gasteiger partial charge in [0.2, 0.25) is 15.9 Å². The molecular formula is C26H32Cl2N2O4S. The summed E-state index contributed by atoms with van der Waals surface area (Å²) in [6.45, 7) is 4.81. The smallest absolute Gasteiger partial charge is 0.223 e. The fraction of sp³-hybridized carbons (Fsp3) is 0.500. The molecule has 1 atom stereocenters. The molecule has 0 spiro atoms. The number of para-hydroxylation sites is 1. The summed E-state index contributed by atoms with van der Waals surface area (Å²) in [5.74, 6) is 0.307. The van der Waals surface area contributed by atoms with E-state index in [4.69, 9.17) is 27.9 Å². The van der Waals surface area contributed by atoms with Gasteiger partial charge in [0.1, 0.15) is 11.4 Å². The summed E-state index contributed by atoms with van der Waals surface area (Å²) < 4.78 is 33.8. The van der Waals surface area contributed by atoms with Crippen LogP contribution in [-0.4, -0.2) is 37.3 Å². The van der Waals surface area contributed by atoms with Crippen LogP contribution in [0.25, 0.3) is 0 Å². The number of nitrogens with one attached hydrogen (secondary N) is 1. The fourth-order valence-electron chi connectivity index (χ4n) is 5.06. The highest BCUT2D eigenvalue weighted by molar-refractivity contribution is 7.88. The standard InChI is InChI=1S/C26H32Cl2N2O4S/c1-3-26(4-2)16-23(19-8-5-6-11-24(19)34-26)29-25(31)18-12-14-30(15-13-18)35(32,33)17-20-21(27)9-7-10-22(20)28/h5-11,18,23H,3-4,12-17H2,1-2H3,(H,29,31)/t23-/m0/s1. The van der Waals surface area contributed by atoms with E-state index < -0.39 is 10.0 Å². The third-order valence-electron chi connectivity index (χ3n) is 7.41. The van der Waals surface area contributed by atoms with Gasteiger partial charge in [-0.05, 0) is 43.9 Å². The van der Waals surface area contributed by atoms with Crippen LogP contribution in [0, 0.1) is 5.92 Å². The van der Waals surface area contributed by atoms with E-state index in [1.165, 1.54) is 4.31 Å². The highest BCUT2D eigenvalue weighted by Gasteiger charge is 2.40. The Balaban J connectivity index is 1.40. The number of rotatable bonds is 7. The van der Waals surface area contributed by atoms with Crippen LogP contribution >= 0.6 is 23.2 Å². The molecule has 2 aromatic rings. The van der Waals surface area contributed by atoms with Crippen molar-refractivity contribution >= 4 is 39.1 Å². The normalized spacial score (nSPS) is 20.6. The van der Waals surface area contributed by atoms with Crippen LogP contribution in [0.3, 0.4) is 0 Å². The number of amides is 1. The molecule has 1 saturated heterocycles. The molecule has 190 valence electrons. The number of carbonyl (C=O) groups excluding carboxylic acids is 1. The van der Waals surface area contributed by atoms with E-state index in [2.05, 4.69) is 19.2 Å². The van der Waals surface area contributed by atoms with Gasteiger partial charge in [-0.15, -0.1) is 0 Å². The Bertz CT molecular complexity index is 1160. The van der Waals surface area contributed by atoms with Crippen LogP contribution in [0.15, 0.2) is 42.5 Å². The number of carbonyl (C=O) groups is 1. The summed E-state index contributed by atoms with van der Waals surface area (Å²) in [6, 6.07) is 12.7. The zero-order chi connectivity index (χ0) is 25.2. The molecule has 0 unspecified atom stereocenters. The lowest BCUT2D eigenvalue weighted by Crippen LogP contribution is -2.47. The van der Waals surface area contributed by atoms with Gasteiger partial charge in [-0.3, -0.25) is 4.79 Å². The summed E-state index contributed by atoms with van der Waals surface area (Å²) in [4.78, 5) is 13.2. The molecule has 2 aliphatic heterocycles. The molecule has 0 bridgehead atoms. The van der Waals surface area contributed by atoms with Gasteiger partial charge in [-0.1, -0.05) is 61.3 Å². The van der Waals surface area contributed by atoms with Crippen molar-refractivity contribution in [1.29, 1.82) is 0 Å². The number of hydrogen-bond donors (Lipinski definition) is 1. The molecule has 2 aliphatic rings. The van der Waals surface area contributed by atoms with E-state index in [1.807, 2.05) is 24.3 Å². The fourth-order valence-corrected chi connectivity index (χ4v) is 7.37. The Morgan fingerprint density at radius 3 is 2.31 bits per heavy atom. The number of piperidine rings is 1. The predicted octanol–water partition coefficient (Wildman–Crippen LogP) is 5.73. The van der Waals surface area contributed by atoms with E-state index in [0.717, 1.165) is 24.2 Å². The van der Waals surface area contributed by atoms with E-state index in [1.54, 1.807) is 18.2 Å². The van der Waals surface area contributed by atoms with Gasteiger partial charge in [0.15, 0.2) is 0 Å². The minimum Gasteiger partial charge on any atom is -0.487 e. The number of ether oxygens (including phenoxy) is 1.